The molecule has 0 fully saturated rings. The number of aromatic nitrogens is 3. The molecule has 2 heterocycles. The van der Waals surface area contributed by atoms with Crippen molar-refractivity contribution < 1.29 is 13.7 Å². The SMILES string of the molecule is Cc1nnc(NC(=O)c2cc(-c3ccc(C)c(F)c3)on2)s1. The molecule has 0 saturated carbocycles. The van der Waals surface area contributed by atoms with Gasteiger partial charge < -0.3 is 4.52 Å². The number of rotatable bonds is 3. The maximum atomic E-state index is 13.6. The number of carbonyl (C=O) groups is 1. The van der Waals surface area contributed by atoms with Crippen LogP contribution in [-0.4, -0.2) is 21.3 Å². The molecule has 2 aromatic heterocycles. The molecule has 0 aliphatic rings. The Bertz CT molecular complexity index is 843. The summed E-state index contributed by atoms with van der Waals surface area (Å²) in [6.45, 7) is 3.45. The van der Waals surface area contributed by atoms with Gasteiger partial charge in [-0.25, -0.2) is 4.39 Å². The minimum Gasteiger partial charge on any atom is -0.355 e. The van der Waals surface area contributed by atoms with E-state index in [2.05, 4.69) is 20.7 Å². The van der Waals surface area contributed by atoms with Gasteiger partial charge in [-0.1, -0.05) is 28.6 Å². The van der Waals surface area contributed by atoms with Crippen molar-refractivity contribution in [2.75, 3.05) is 5.32 Å². The summed E-state index contributed by atoms with van der Waals surface area (Å²) in [6.07, 6.45) is 0. The van der Waals surface area contributed by atoms with Crippen molar-refractivity contribution in [1.29, 1.82) is 0 Å². The molecule has 6 nitrogen and oxygen atoms in total. The van der Waals surface area contributed by atoms with Crippen molar-refractivity contribution in [3.63, 3.8) is 0 Å². The van der Waals surface area contributed by atoms with Crippen LogP contribution in [0.2, 0.25) is 0 Å². The Morgan fingerprint density at radius 2 is 2.09 bits per heavy atom. The maximum absolute atomic E-state index is 13.6. The van der Waals surface area contributed by atoms with Gasteiger partial charge in [0.15, 0.2) is 11.5 Å². The normalized spacial score (nSPS) is 10.7. The van der Waals surface area contributed by atoms with E-state index in [-0.39, 0.29) is 11.5 Å². The van der Waals surface area contributed by atoms with Crippen LogP contribution < -0.4 is 5.32 Å². The standard InChI is InChI=1S/C14H11FN4O2S/c1-7-3-4-9(5-10(7)15)12-6-11(19-21-12)13(20)16-14-18-17-8(2)22-14/h3-6H,1-2H3,(H,16,18,20). The molecule has 1 N–H and O–H groups in total. The van der Waals surface area contributed by atoms with Crippen LogP contribution in [-0.2, 0) is 0 Å². The summed E-state index contributed by atoms with van der Waals surface area (Å²) in [5.74, 6) is -0.486. The van der Waals surface area contributed by atoms with E-state index in [4.69, 9.17) is 4.52 Å². The minimum atomic E-state index is -0.460. The highest BCUT2D eigenvalue weighted by Crippen LogP contribution is 2.23. The van der Waals surface area contributed by atoms with E-state index in [1.165, 1.54) is 23.5 Å². The average Bonchev–Trinajstić information content (AvgIpc) is 3.11. The molecule has 0 radical (unpaired) electrons. The molecule has 22 heavy (non-hydrogen) atoms. The minimum absolute atomic E-state index is 0.0869. The topological polar surface area (TPSA) is 80.9 Å². The Morgan fingerprint density at radius 3 is 2.77 bits per heavy atom. The molecule has 0 bridgehead atoms. The van der Waals surface area contributed by atoms with E-state index in [1.807, 2.05) is 0 Å². The average molecular weight is 318 g/mol. The lowest BCUT2D eigenvalue weighted by Gasteiger charge is -1.98. The highest BCUT2D eigenvalue weighted by molar-refractivity contribution is 7.15. The number of benzene rings is 1. The quantitative estimate of drug-likeness (QED) is 0.802. The molecular formula is C14H11FN4O2S. The summed E-state index contributed by atoms with van der Waals surface area (Å²) in [5.41, 5.74) is 1.14. The van der Waals surface area contributed by atoms with Crippen molar-refractivity contribution in [3.05, 3.63) is 46.3 Å². The molecular weight excluding hydrogens is 307 g/mol. The summed E-state index contributed by atoms with van der Waals surface area (Å²) >= 11 is 1.26. The second-order valence-corrected chi connectivity index (χ2v) is 5.80. The monoisotopic (exact) mass is 318 g/mol. The highest BCUT2D eigenvalue weighted by Gasteiger charge is 2.16. The van der Waals surface area contributed by atoms with Gasteiger partial charge in [0.25, 0.3) is 5.91 Å². The Balaban J connectivity index is 1.80. The van der Waals surface area contributed by atoms with Crippen molar-refractivity contribution in [3.8, 4) is 11.3 Å². The second-order valence-electron chi connectivity index (χ2n) is 4.62. The van der Waals surface area contributed by atoms with Crippen molar-refractivity contribution in [1.82, 2.24) is 15.4 Å². The fraction of sp³-hybridized carbons (Fsp3) is 0.143. The smallest absolute Gasteiger partial charge is 0.279 e. The molecule has 0 aliphatic heterocycles. The van der Waals surface area contributed by atoms with Crippen LogP contribution in [0.25, 0.3) is 11.3 Å². The molecule has 1 aromatic carbocycles. The fourth-order valence-electron chi connectivity index (χ4n) is 1.77. The Labute approximate surface area is 129 Å². The van der Waals surface area contributed by atoms with E-state index in [9.17, 15) is 9.18 Å². The number of amides is 1. The van der Waals surface area contributed by atoms with Crippen molar-refractivity contribution >= 4 is 22.4 Å². The zero-order valence-corrected chi connectivity index (χ0v) is 12.6. The molecule has 0 saturated heterocycles. The maximum Gasteiger partial charge on any atom is 0.279 e. The number of aryl methyl sites for hydroxylation is 2. The van der Waals surface area contributed by atoms with Gasteiger partial charge in [-0.2, -0.15) is 0 Å². The first-order valence-corrected chi connectivity index (χ1v) is 7.19. The molecule has 0 aliphatic carbocycles. The number of anilines is 1. The van der Waals surface area contributed by atoms with E-state index in [1.54, 1.807) is 26.0 Å². The first kappa shape index (κ1) is 14.3. The molecule has 0 atom stereocenters. The highest BCUT2D eigenvalue weighted by atomic mass is 32.1. The van der Waals surface area contributed by atoms with Crippen LogP contribution in [0.4, 0.5) is 9.52 Å². The van der Waals surface area contributed by atoms with Gasteiger partial charge in [-0.05, 0) is 25.5 Å². The van der Waals surface area contributed by atoms with Gasteiger partial charge in [0.2, 0.25) is 5.13 Å². The summed E-state index contributed by atoms with van der Waals surface area (Å²) in [4.78, 5) is 12.0. The first-order valence-electron chi connectivity index (χ1n) is 6.37. The van der Waals surface area contributed by atoms with Gasteiger partial charge in [0, 0.05) is 11.6 Å². The number of nitrogens with zero attached hydrogens (tertiary/aromatic N) is 3. The van der Waals surface area contributed by atoms with E-state index in [0.717, 1.165) is 5.01 Å². The van der Waals surface area contributed by atoms with Crippen LogP contribution in [0.5, 0.6) is 0 Å². The third kappa shape index (κ3) is 2.86. The summed E-state index contributed by atoms with van der Waals surface area (Å²) in [5, 5.41) is 15.0. The zero-order valence-electron chi connectivity index (χ0n) is 11.8. The number of hydrogen-bond donors (Lipinski definition) is 1. The van der Waals surface area contributed by atoms with Gasteiger partial charge >= 0.3 is 0 Å². The summed E-state index contributed by atoms with van der Waals surface area (Å²) < 4.78 is 18.7. The predicted molar refractivity (Wildman–Crippen MR) is 79.2 cm³/mol. The Morgan fingerprint density at radius 1 is 1.27 bits per heavy atom. The van der Waals surface area contributed by atoms with Gasteiger partial charge in [0.05, 0.1) is 0 Å². The van der Waals surface area contributed by atoms with Crippen LogP contribution in [0.1, 0.15) is 21.1 Å². The van der Waals surface area contributed by atoms with Gasteiger partial charge in [0.1, 0.15) is 10.8 Å². The van der Waals surface area contributed by atoms with E-state index >= 15 is 0 Å². The molecule has 0 unspecified atom stereocenters. The lowest BCUT2D eigenvalue weighted by atomic mass is 10.1. The van der Waals surface area contributed by atoms with Gasteiger partial charge in [-0.3, -0.25) is 10.1 Å². The number of halogens is 1. The Kier molecular flexibility index (Phi) is 3.68. The van der Waals surface area contributed by atoms with Crippen LogP contribution in [0.3, 0.4) is 0 Å². The molecule has 0 spiro atoms. The second kappa shape index (κ2) is 5.64. The third-order valence-electron chi connectivity index (χ3n) is 2.95. The van der Waals surface area contributed by atoms with Crippen LogP contribution in [0, 0.1) is 19.7 Å². The zero-order chi connectivity index (χ0) is 15.7. The van der Waals surface area contributed by atoms with Gasteiger partial charge in [-0.15, -0.1) is 10.2 Å². The number of carbonyl (C=O) groups excluding carboxylic acids is 1. The summed E-state index contributed by atoms with van der Waals surface area (Å²) in [6, 6.07) is 6.13. The third-order valence-corrected chi connectivity index (χ3v) is 3.70. The first-order chi connectivity index (χ1) is 10.5. The fourth-order valence-corrected chi connectivity index (χ4v) is 2.36. The lowest BCUT2D eigenvalue weighted by molar-refractivity contribution is 0.101. The van der Waals surface area contributed by atoms with Crippen LogP contribution >= 0.6 is 11.3 Å². The van der Waals surface area contributed by atoms with E-state index in [0.29, 0.717) is 22.0 Å². The molecule has 3 aromatic rings. The van der Waals surface area contributed by atoms with Crippen molar-refractivity contribution in [2.24, 2.45) is 0 Å². The largest absolute Gasteiger partial charge is 0.355 e. The molecule has 112 valence electrons. The molecule has 8 heteroatoms. The van der Waals surface area contributed by atoms with Crippen molar-refractivity contribution in [2.45, 2.75) is 13.8 Å². The molecule has 3 rings (SSSR count). The van der Waals surface area contributed by atoms with E-state index < -0.39 is 5.91 Å². The number of nitrogens with one attached hydrogen (secondary N) is 1. The summed E-state index contributed by atoms with van der Waals surface area (Å²) in [7, 11) is 0. The predicted octanol–water partition coefficient (Wildman–Crippen LogP) is 3.20. The lowest BCUT2D eigenvalue weighted by Crippen LogP contribution is -2.11. The Hall–Kier alpha value is -2.61. The van der Waals surface area contributed by atoms with Crippen LogP contribution in [0.15, 0.2) is 28.8 Å². The number of hydrogen-bond acceptors (Lipinski definition) is 6. The molecule has 1 amide bonds.